The fourth-order valence-corrected chi connectivity index (χ4v) is 3.76. The van der Waals surface area contributed by atoms with Gasteiger partial charge in [-0.3, -0.25) is 4.57 Å². The van der Waals surface area contributed by atoms with Gasteiger partial charge in [0.15, 0.2) is 0 Å². The molecule has 2 aromatic heterocycles. The molecule has 0 amide bonds. The highest BCUT2D eigenvalue weighted by Crippen LogP contribution is 2.37. The van der Waals surface area contributed by atoms with Crippen LogP contribution >= 0.6 is 11.8 Å². The Balaban J connectivity index is 1.97. The molecule has 3 nitrogen and oxygen atoms in total. The second-order valence-electron chi connectivity index (χ2n) is 5.25. The predicted octanol–water partition coefficient (Wildman–Crippen LogP) is 4.88. The number of aromatic nitrogens is 3. The molecule has 0 atom stereocenters. The summed E-state index contributed by atoms with van der Waals surface area (Å²) in [6, 6.07) is 20.6. The fraction of sp³-hybridized carbons (Fsp3) is 0.0526. The third-order valence-electron chi connectivity index (χ3n) is 3.78. The van der Waals surface area contributed by atoms with E-state index < -0.39 is 0 Å². The molecule has 0 N–H and O–H groups in total. The van der Waals surface area contributed by atoms with Crippen molar-refractivity contribution in [3.8, 4) is 5.95 Å². The van der Waals surface area contributed by atoms with Gasteiger partial charge < -0.3 is 0 Å². The van der Waals surface area contributed by atoms with E-state index in [1.54, 1.807) is 24.2 Å². The van der Waals surface area contributed by atoms with Crippen LogP contribution in [-0.2, 0) is 0 Å². The Kier molecular flexibility index (Phi) is 3.60. The number of nitrogens with zero attached hydrogens (tertiary/aromatic N) is 3. The summed E-state index contributed by atoms with van der Waals surface area (Å²) in [5.74, 6) is 0.704. The van der Waals surface area contributed by atoms with Crippen LogP contribution in [0.15, 0.2) is 83.0 Å². The maximum atomic E-state index is 4.45. The van der Waals surface area contributed by atoms with Crippen LogP contribution in [-0.4, -0.2) is 14.5 Å². The average Bonchev–Trinajstić information content (AvgIpc) is 2.89. The van der Waals surface area contributed by atoms with Crippen molar-refractivity contribution < 1.29 is 0 Å². The van der Waals surface area contributed by atoms with E-state index in [0.29, 0.717) is 5.95 Å². The van der Waals surface area contributed by atoms with Gasteiger partial charge in [-0.15, -0.1) is 0 Å². The van der Waals surface area contributed by atoms with Crippen LogP contribution in [0, 0.1) is 6.92 Å². The molecular formula is C19H15N3S. The number of hydrogen-bond acceptors (Lipinski definition) is 3. The molecule has 2 heterocycles. The van der Waals surface area contributed by atoms with Crippen molar-refractivity contribution in [2.24, 2.45) is 0 Å². The standard InChI is InChI=1S/C19H15N3S/c1-14-16-10-5-6-11-17(16)22(19-20-12-7-13-21-19)18(14)23-15-8-3-2-4-9-15/h2-13H,1H3. The Morgan fingerprint density at radius 2 is 1.52 bits per heavy atom. The second-order valence-corrected chi connectivity index (χ2v) is 6.31. The summed E-state index contributed by atoms with van der Waals surface area (Å²) < 4.78 is 2.14. The van der Waals surface area contributed by atoms with E-state index in [1.807, 2.05) is 12.1 Å². The highest BCUT2D eigenvalue weighted by molar-refractivity contribution is 7.99. The van der Waals surface area contributed by atoms with Crippen molar-refractivity contribution in [1.29, 1.82) is 0 Å². The zero-order chi connectivity index (χ0) is 15.6. The number of rotatable bonds is 3. The molecule has 0 aliphatic heterocycles. The van der Waals surface area contributed by atoms with Crippen molar-refractivity contribution in [3.63, 3.8) is 0 Å². The first kappa shape index (κ1) is 14.0. The lowest BCUT2D eigenvalue weighted by molar-refractivity contribution is 0.878. The van der Waals surface area contributed by atoms with Crippen molar-refractivity contribution in [1.82, 2.24) is 14.5 Å². The van der Waals surface area contributed by atoms with E-state index in [0.717, 1.165) is 10.5 Å². The largest absolute Gasteiger partial charge is 0.272 e. The van der Waals surface area contributed by atoms with Gasteiger partial charge in [0.1, 0.15) is 0 Å². The van der Waals surface area contributed by atoms with Gasteiger partial charge in [0, 0.05) is 22.7 Å². The SMILES string of the molecule is Cc1c(Sc2ccccc2)n(-c2ncccn2)c2ccccc12. The number of hydrogen-bond donors (Lipinski definition) is 0. The van der Waals surface area contributed by atoms with E-state index in [1.165, 1.54) is 15.8 Å². The molecule has 0 bridgehead atoms. The highest BCUT2D eigenvalue weighted by atomic mass is 32.2. The van der Waals surface area contributed by atoms with Crippen LogP contribution in [0.1, 0.15) is 5.56 Å². The van der Waals surface area contributed by atoms with Crippen molar-refractivity contribution >= 4 is 22.7 Å². The van der Waals surface area contributed by atoms with Gasteiger partial charge in [-0.2, -0.15) is 0 Å². The Hall–Kier alpha value is -2.59. The molecule has 23 heavy (non-hydrogen) atoms. The zero-order valence-corrected chi connectivity index (χ0v) is 13.5. The van der Waals surface area contributed by atoms with E-state index in [4.69, 9.17) is 0 Å². The van der Waals surface area contributed by atoms with Crippen molar-refractivity contribution in [2.75, 3.05) is 0 Å². The third-order valence-corrected chi connectivity index (χ3v) is 4.97. The molecule has 2 aromatic carbocycles. The smallest absolute Gasteiger partial charge is 0.234 e. The van der Waals surface area contributed by atoms with Gasteiger partial charge >= 0.3 is 0 Å². The summed E-state index contributed by atoms with van der Waals surface area (Å²) in [6.07, 6.45) is 3.56. The molecule has 4 heteroatoms. The molecule has 0 aliphatic carbocycles. The first-order valence-corrected chi connectivity index (χ1v) is 8.26. The molecule has 4 aromatic rings. The third kappa shape index (κ3) is 2.51. The summed E-state index contributed by atoms with van der Waals surface area (Å²) in [7, 11) is 0. The first-order chi connectivity index (χ1) is 11.3. The lowest BCUT2D eigenvalue weighted by atomic mass is 10.2. The Morgan fingerprint density at radius 1 is 0.826 bits per heavy atom. The molecular weight excluding hydrogens is 302 g/mol. The van der Waals surface area contributed by atoms with Gasteiger partial charge in [0.2, 0.25) is 5.95 Å². The van der Waals surface area contributed by atoms with Gasteiger partial charge in [0.05, 0.1) is 10.5 Å². The summed E-state index contributed by atoms with van der Waals surface area (Å²) in [6.45, 7) is 2.16. The van der Waals surface area contributed by atoms with Crippen molar-refractivity contribution in [3.05, 3.63) is 78.6 Å². The number of fused-ring (bicyclic) bond motifs is 1. The van der Waals surface area contributed by atoms with E-state index in [9.17, 15) is 0 Å². The summed E-state index contributed by atoms with van der Waals surface area (Å²) in [5, 5.41) is 2.39. The zero-order valence-electron chi connectivity index (χ0n) is 12.7. The number of benzene rings is 2. The highest BCUT2D eigenvalue weighted by Gasteiger charge is 2.17. The Morgan fingerprint density at radius 3 is 2.30 bits per heavy atom. The summed E-state index contributed by atoms with van der Waals surface area (Å²) in [4.78, 5) is 10.1. The molecule has 112 valence electrons. The lowest BCUT2D eigenvalue weighted by Crippen LogP contribution is -2.01. The van der Waals surface area contributed by atoms with Gasteiger partial charge in [-0.1, -0.05) is 48.2 Å². The quantitative estimate of drug-likeness (QED) is 0.539. The Labute approximate surface area is 139 Å². The molecule has 0 spiro atoms. The minimum atomic E-state index is 0.704. The van der Waals surface area contributed by atoms with Crippen LogP contribution < -0.4 is 0 Å². The molecule has 0 aliphatic rings. The van der Waals surface area contributed by atoms with E-state index >= 15 is 0 Å². The first-order valence-electron chi connectivity index (χ1n) is 7.45. The summed E-state index contributed by atoms with van der Waals surface area (Å²) >= 11 is 1.74. The number of para-hydroxylation sites is 1. The van der Waals surface area contributed by atoms with Gasteiger partial charge in [-0.25, -0.2) is 9.97 Å². The minimum absolute atomic E-state index is 0.704. The molecule has 0 saturated carbocycles. The molecule has 0 unspecified atom stereocenters. The Bertz CT molecular complexity index is 946. The fourth-order valence-electron chi connectivity index (χ4n) is 2.71. The van der Waals surface area contributed by atoms with Crippen LogP contribution in [0.25, 0.3) is 16.9 Å². The maximum absolute atomic E-state index is 4.45. The topological polar surface area (TPSA) is 30.7 Å². The van der Waals surface area contributed by atoms with Crippen LogP contribution in [0.5, 0.6) is 0 Å². The van der Waals surface area contributed by atoms with E-state index in [2.05, 4.69) is 70.0 Å². The maximum Gasteiger partial charge on any atom is 0.234 e. The van der Waals surface area contributed by atoms with E-state index in [-0.39, 0.29) is 0 Å². The van der Waals surface area contributed by atoms with Gasteiger partial charge in [-0.05, 0) is 36.8 Å². The molecule has 0 saturated heterocycles. The molecule has 0 fully saturated rings. The van der Waals surface area contributed by atoms with Crippen LogP contribution in [0.3, 0.4) is 0 Å². The van der Waals surface area contributed by atoms with Crippen LogP contribution in [0.2, 0.25) is 0 Å². The lowest BCUT2D eigenvalue weighted by Gasteiger charge is -2.09. The minimum Gasteiger partial charge on any atom is -0.272 e. The van der Waals surface area contributed by atoms with Crippen LogP contribution in [0.4, 0.5) is 0 Å². The second kappa shape index (κ2) is 5.89. The summed E-state index contributed by atoms with van der Waals surface area (Å²) in [5.41, 5.74) is 2.39. The molecule has 4 rings (SSSR count). The molecule has 0 radical (unpaired) electrons. The van der Waals surface area contributed by atoms with Crippen molar-refractivity contribution in [2.45, 2.75) is 16.8 Å². The number of aryl methyl sites for hydroxylation is 1. The monoisotopic (exact) mass is 317 g/mol. The average molecular weight is 317 g/mol. The predicted molar refractivity (Wildman–Crippen MR) is 94.2 cm³/mol. The normalized spacial score (nSPS) is 11.0. The van der Waals surface area contributed by atoms with Gasteiger partial charge in [0.25, 0.3) is 0 Å².